The number of ether oxygens (including phenoxy) is 3. The molecule has 0 N–H and O–H groups in total. The van der Waals surface area contributed by atoms with Gasteiger partial charge in [0, 0.05) is 17.2 Å². The lowest BCUT2D eigenvalue weighted by atomic mass is 9.93. The van der Waals surface area contributed by atoms with E-state index in [1.165, 1.54) is 23.0 Å². The summed E-state index contributed by atoms with van der Waals surface area (Å²) in [4.78, 5) is 45.2. The molecule has 1 aliphatic heterocycles. The fourth-order valence-electron chi connectivity index (χ4n) is 5.23. The number of methoxy groups -OCH3 is 2. The number of nitrogens with zero attached hydrogens (tertiary/aromatic N) is 2. The van der Waals surface area contributed by atoms with Crippen LogP contribution in [0.1, 0.15) is 40.2 Å². The Hall–Kier alpha value is -5.19. The third-order valence-electron chi connectivity index (χ3n) is 7.34. The molecule has 9 nitrogen and oxygen atoms in total. The minimum Gasteiger partial charge on any atom is -0.497 e. The first-order valence-electron chi connectivity index (χ1n) is 14.2. The van der Waals surface area contributed by atoms with Gasteiger partial charge in [-0.25, -0.2) is 14.6 Å². The zero-order valence-electron chi connectivity index (χ0n) is 25.0. The summed E-state index contributed by atoms with van der Waals surface area (Å²) in [6.45, 7) is 1.88. The van der Waals surface area contributed by atoms with Crippen LogP contribution in [0, 0.1) is 0 Å². The number of thiazole rings is 1. The molecule has 3 heterocycles. The summed E-state index contributed by atoms with van der Waals surface area (Å²) in [7, 11) is 2.84. The van der Waals surface area contributed by atoms with Gasteiger partial charge in [0.05, 0.1) is 53.3 Å². The first-order chi connectivity index (χ1) is 22.3. The van der Waals surface area contributed by atoms with Gasteiger partial charge in [-0.05, 0) is 55.0 Å². The van der Waals surface area contributed by atoms with Crippen LogP contribution in [0.2, 0.25) is 5.02 Å². The maximum atomic E-state index is 14.2. The summed E-state index contributed by atoms with van der Waals surface area (Å²) in [5.41, 5.74) is 2.48. The fourth-order valence-corrected chi connectivity index (χ4v) is 6.40. The molecule has 0 aliphatic carbocycles. The Morgan fingerprint density at radius 3 is 2.52 bits per heavy atom. The number of rotatable bonds is 8. The Morgan fingerprint density at radius 1 is 0.978 bits per heavy atom. The lowest BCUT2D eigenvalue weighted by Gasteiger charge is -2.26. The lowest BCUT2D eigenvalue weighted by molar-refractivity contribution is -0.138. The topological polar surface area (TPSA) is 109 Å². The van der Waals surface area contributed by atoms with Gasteiger partial charge < -0.3 is 18.6 Å². The van der Waals surface area contributed by atoms with Gasteiger partial charge in [-0.2, -0.15) is 0 Å². The summed E-state index contributed by atoms with van der Waals surface area (Å²) >= 11 is 7.36. The van der Waals surface area contributed by atoms with Gasteiger partial charge in [0.15, 0.2) is 4.80 Å². The smallest absolute Gasteiger partial charge is 0.339 e. The van der Waals surface area contributed by atoms with Crippen LogP contribution in [0.25, 0.3) is 23.1 Å². The molecule has 11 heteroatoms. The van der Waals surface area contributed by atoms with Gasteiger partial charge in [0.1, 0.15) is 17.3 Å². The maximum absolute atomic E-state index is 14.2. The van der Waals surface area contributed by atoms with Gasteiger partial charge in [-0.15, -0.1) is 0 Å². The predicted molar refractivity (Wildman–Crippen MR) is 175 cm³/mol. The van der Waals surface area contributed by atoms with Crippen LogP contribution in [0.4, 0.5) is 0 Å². The molecule has 0 saturated heterocycles. The molecular weight excluding hydrogens is 628 g/mol. The van der Waals surface area contributed by atoms with Crippen LogP contribution in [-0.4, -0.2) is 37.3 Å². The molecule has 0 amide bonds. The summed E-state index contributed by atoms with van der Waals surface area (Å²) in [6, 6.07) is 24.1. The molecule has 0 saturated carbocycles. The highest BCUT2D eigenvalue weighted by molar-refractivity contribution is 7.07. The highest BCUT2D eigenvalue weighted by Crippen LogP contribution is 2.36. The number of furan rings is 1. The number of halogens is 1. The minimum atomic E-state index is -0.847. The first-order valence-corrected chi connectivity index (χ1v) is 15.4. The van der Waals surface area contributed by atoms with Crippen molar-refractivity contribution in [2.24, 2.45) is 4.99 Å². The van der Waals surface area contributed by atoms with Crippen LogP contribution in [0.15, 0.2) is 105 Å². The Morgan fingerprint density at radius 2 is 1.78 bits per heavy atom. The van der Waals surface area contributed by atoms with E-state index in [1.807, 2.05) is 42.5 Å². The largest absolute Gasteiger partial charge is 0.497 e. The van der Waals surface area contributed by atoms with Crippen LogP contribution >= 0.6 is 22.9 Å². The van der Waals surface area contributed by atoms with Crippen molar-refractivity contribution in [3.05, 3.63) is 138 Å². The van der Waals surface area contributed by atoms with E-state index in [0.717, 1.165) is 0 Å². The van der Waals surface area contributed by atoms with Crippen molar-refractivity contribution < 1.29 is 28.2 Å². The molecule has 1 atom stereocenters. The standard InChI is InChI=1S/C35H27ClN2O7S/c1-4-44-34(41)29-30(20-9-6-5-7-10-20)37-35-38(31(29)22-11-8-12-23(17-22)42-2)32(39)28(46-35)19-24-14-16-27(45-24)21-13-15-26(36)25(18-21)33(40)43-3/h5-19,31H,4H2,1-3H3/b28-19-/t31-/m0/s1. The van der Waals surface area contributed by atoms with Gasteiger partial charge in [0.2, 0.25) is 0 Å². The monoisotopic (exact) mass is 654 g/mol. The highest BCUT2D eigenvalue weighted by Gasteiger charge is 2.35. The van der Waals surface area contributed by atoms with Crippen molar-refractivity contribution in [2.75, 3.05) is 20.8 Å². The van der Waals surface area contributed by atoms with Crippen molar-refractivity contribution in [3.8, 4) is 17.1 Å². The number of hydrogen-bond donors (Lipinski definition) is 0. The minimum absolute atomic E-state index is 0.148. The normalized spacial score (nSPS) is 14.4. The van der Waals surface area contributed by atoms with E-state index >= 15 is 0 Å². The SMILES string of the molecule is CCOC(=O)C1=C(c2ccccc2)N=c2s/c(=C\c3ccc(-c4ccc(Cl)c(C(=O)OC)c4)o3)c(=O)n2[C@H]1c1cccc(OC)c1. The van der Waals surface area contributed by atoms with E-state index < -0.39 is 18.0 Å². The van der Waals surface area contributed by atoms with Crippen LogP contribution in [0.3, 0.4) is 0 Å². The molecule has 1 aliphatic rings. The maximum Gasteiger partial charge on any atom is 0.339 e. The van der Waals surface area contributed by atoms with E-state index in [4.69, 9.17) is 35.2 Å². The van der Waals surface area contributed by atoms with Gasteiger partial charge in [-0.3, -0.25) is 9.36 Å². The zero-order valence-corrected chi connectivity index (χ0v) is 26.6. The predicted octanol–water partition coefficient (Wildman–Crippen LogP) is 5.64. The third kappa shape index (κ3) is 5.80. The Balaban J connectivity index is 1.53. The molecule has 0 fully saturated rings. The second kappa shape index (κ2) is 13.0. The average Bonchev–Trinajstić information content (AvgIpc) is 3.68. The van der Waals surface area contributed by atoms with E-state index in [2.05, 4.69) is 0 Å². The lowest BCUT2D eigenvalue weighted by Crippen LogP contribution is -2.40. The van der Waals surface area contributed by atoms with Crippen molar-refractivity contribution in [1.29, 1.82) is 0 Å². The molecule has 46 heavy (non-hydrogen) atoms. The fraction of sp³-hybridized carbons (Fsp3) is 0.143. The summed E-state index contributed by atoms with van der Waals surface area (Å²) in [6.07, 6.45) is 1.63. The van der Waals surface area contributed by atoms with E-state index in [1.54, 1.807) is 62.6 Å². The number of aromatic nitrogens is 1. The Bertz CT molecular complexity index is 2180. The zero-order chi connectivity index (χ0) is 32.4. The van der Waals surface area contributed by atoms with Gasteiger partial charge >= 0.3 is 11.9 Å². The number of fused-ring (bicyclic) bond motifs is 1. The van der Waals surface area contributed by atoms with Crippen molar-refractivity contribution in [3.63, 3.8) is 0 Å². The molecule has 0 unspecified atom stereocenters. The number of esters is 2. The summed E-state index contributed by atoms with van der Waals surface area (Å²) in [5, 5.41) is 0.256. The second-order valence-corrected chi connectivity index (χ2v) is 11.5. The van der Waals surface area contributed by atoms with Gasteiger partial charge in [0.25, 0.3) is 5.56 Å². The molecule has 232 valence electrons. The number of carbonyl (C=O) groups excluding carboxylic acids is 2. The molecule has 0 radical (unpaired) electrons. The van der Waals surface area contributed by atoms with Crippen LogP contribution < -0.4 is 19.6 Å². The number of carbonyl (C=O) groups is 2. The van der Waals surface area contributed by atoms with Gasteiger partial charge in [-0.1, -0.05) is 65.4 Å². The molecule has 5 aromatic rings. The molecule has 3 aromatic carbocycles. The summed E-state index contributed by atoms with van der Waals surface area (Å²) in [5.74, 6) is 0.299. The van der Waals surface area contributed by atoms with Crippen LogP contribution in [0.5, 0.6) is 5.75 Å². The third-order valence-corrected chi connectivity index (χ3v) is 8.65. The molecule has 6 rings (SSSR count). The second-order valence-electron chi connectivity index (χ2n) is 10.1. The number of hydrogen-bond acceptors (Lipinski definition) is 9. The number of benzene rings is 3. The van der Waals surface area contributed by atoms with E-state index in [-0.39, 0.29) is 28.3 Å². The van der Waals surface area contributed by atoms with Crippen molar-refractivity contribution in [2.45, 2.75) is 13.0 Å². The molecular formula is C35H27ClN2O7S. The van der Waals surface area contributed by atoms with E-state index in [0.29, 0.717) is 49.0 Å². The van der Waals surface area contributed by atoms with Crippen LogP contribution in [-0.2, 0) is 14.3 Å². The molecule has 0 spiro atoms. The Labute approximate surface area is 272 Å². The summed E-state index contributed by atoms with van der Waals surface area (Å²) < 4.78 is 23.8. The van der Waals surface area contributed by atoms with E-state index in [9.17, 15) is 14.4 Å². The molecule has 0 bridgehead atoms. The van der Waals surface area contributed by atoms with Crippen molar-refractivity contribution >= 4 is 46.6 Å². The Kier molecular flexibility index (Phi) is 8.74. The quantitative estimate of drug-likeness (QED) is 0.199. The van der Waals surface area contributed by atoms with Crippen molar-refractivity contribution in [1.82, 2.24) is 4.57 Å². The molecule has 2 aromatic heterocycles. The first kappa shape index (κ1) is 30.8. The highest BCUT2D eigenvalue weighted by atomic mass is 35.5. The average molecular weight is 655 g/mol.